The minimum atomic E-state index is -0.195. The summed E-state index contributed by atoms with van der Waals surface area (Å²) in [4.78, 5) is 11.5. The zero-order chi connectivity index (χ0) is 16.4. The molecule has 0 bridgehead atoms. The Kier molecular flexibility index (Phi) is 9.73. The average molecular weight is 312 g/mol. The quantitative estimate of drug-likeness (QED) is 0.513. The summed E-state index contributed by atoms with van der Waals surface area (Å²) in [6.07, 6.45) is 10.1. The molecule has 1 heterocycles. The first-order valence-corrected chi connectivity index (χ1v) is 9.34. The number of carbonyl (C=O) groups is 1. The normalized spacial score (nSPS) is 20.5. The number of amides is 1. The summed E-state index contributed by atoms with van der Waals surface area (Å²) < 4.78 is 0. The topological polar surface area (TPSA) is 81.1 Å². The Balaban J connectivity index is 2.61. The molecule has 22 heavy (non-hydrogen) atoms. The Bertz CT molecular complexity index is 303. The number of carbonyl (C=O) groups excluding carboxylic acids is 1. The molecule has 0 aromatic carbocycles. The largest absolute Gasteiger partial charge is 0.370 e. The zero-order valence-electron chi connectivity index (χ0n) is 14.7. The minimum absolute atomic E-state index is 0.113. The maximum absolute atomic E-state index is 11.5. The van der Waals surface area contributed by atoms with Crippen molar-refractivity contribution in [3.8, 4) is 0 Å². The highest BCUT2D eigenvalue weighted by molar-refractivity contribution is 5.74. The summed E-state index contributed by atoms with van der Waals surface area (Å²) >= 11 is 0. The molecule has 1 rings (SSSR count). The first-order valence-electron chi connectivity index (χ1n) is 9.34. The van der Waals surface area contributed by atoms with Gasteiger partial charge in [0.15, 0.2) is 0 Å². The smallest absolute Gasteiger partial charge is 0.217 e. The summed E-state index contributed by atoms with van der Waals surface area (Å²) in [6, 6.07) is 0.113. The number of piperidine rings is 1. The van der Waals surface area contributed by atoms with Crippen LogP contribution in [-0.4, -0.2) is 25.0 Å². The number of nitrogens with one attached hydrogen (secondary N) is 1. The highest BCUT2D eigenvalue weighted by Crippen LogP contribution is 2.32. The van der Waals surface area contributed by atoms with E-state index in [9.17, 15) is 4.79 Å². The van der Waals surface area contributed by atoms with E-state index in [1.54, 1.807) is 0 Å². The fourth-order valence-electron chi connectivity index (χ4n) is 3.97. The lowest BCUT2D eigenvalue weighted by Crippen LogP contribution is -2.45. The third-order valence-electron chi connectivity index (χ3n) is 5.42. The van der Waals surface area contributed by atoms with Gasteiger partial charge < -0.3 is 16.8 Å². The van der Waals surface area contributed by atoms with E-state index in [4.69, 9.17) is 11.5 Å². The van der Waals surface area contributed by atoms with E-state index in [0.717, 1.165) is 32.4 Å². The molecule has 4 heteroatoms. The van der Waals surface area contributed by atoms with Gasteiger partial charge in [-0.2, -0.15) is 0 Å². The van der Waals surface area contributed by atoms with Crippen molar-refractivity contribution < 1.29 is 4.79 Å². The first kappa shape index (κ1) is 19.4. The molecular formula is C18H37N3O. The molecule has 0 aliphatic carbocycles. The van der Waals surface area contributed by atoms with Crippen LogP contribution in [0.2, 0.25) is 0 Å². The van der Waals surface area contributed by atoms with Crippen molar-refractivity contribution in [3.05, 3.63) is 0 Å². The molecule has 1 aliphatic rings. The predicted molar refractivity (Wildman–Crippen MR) is 93.4 cm³/mol. The highest BCUT2D eigenvalue weighted by Gasteiger charge is 2.33. The Morgan fingerprint density at radius 3 is 2.41 bits per heavy atom. The van der Waals surface area contributed by atoms with Crippen LogP contribution in [0.4, 0.5) is 0 Å². The van der Waals surface area contributed by atoms with E-state index < -0.39 is 0 Å². The lowest BCUT2D eigenvalue weighted by Gasteiger charge is -2.37. The molecule has 3 atom stereocenters. The number of hydrogen-bond acceptors (Lipinski definition) is 3. The molecule has 0 aromatic heterocycles. The van der Waals surface area contributed by atoms with Crippen LogP contribution in [-0.2, 0) is 4.79 Å². The van der Waals surface area contributed by atoms with Gasteiger partial charge in [0, 0.05) is 12.5 Å². The van der Waals surface area contributed by atoms with Crippen molar-refractivity contribution in [1.29, 1.82) is 0 Å². The van der Waals surface area contributed by atoms with Crippen LogP contribution in [0, 0.1) is 17.8 Å². The summed E-state index contributed by atoms with van der Waals surface area (Å²) in [6.45, 7) is 6.55. The van der Waals surface area contributed by atoms with Gasteiger partial charge in [-0.1, -0.05) is 46.0 Å². The predicted octanol–water partition coefficient (Wildman–Crippen LogP) is 2.80. The fourth-order valence-corrected chi connectivity index (χ4v) is 3.97. The van der Waals surface area contributed by atoms with Crippen molar-refractivity contribution in [1.82, 2.24) is 5.32 Å². The van der Waals surface area contributed by atoms with Gasteiger partial charge in [-0.05, 0) is 50.1 Å². The van der Waals surface area contributed by atoms with E-state index in [-0.39, 0.29) is 17.9 Å². The van der Waals surface area contributed by atoms with Gasteiger partial charge in [-0.25, -0.2) is 0 Å². The van der Waals surface area contributed by atoms with Crippen LogP contribution in [0.5, 0.6) is 0 Å². The zero-order valence-corrected chi connectivity index (χ0v) is 14.7. The van der Waals surface area contributed by atoms with Crippen molar-refractivity contribution >= 4 is 5.91 Å². The van der Waals surface area contributed by atoms with Crippen molar-refractivity contribution in [2.75, 3.05) is 13.1 Å². The second-order valence-electron chi connectivity index (χ2n) is 7.02. The van der Waals surface area contributed by atoms with E-state index >= 15 is 0 Å². The molecule has 3 unspecified atom stereocenters. The molecular weight excluding hydrogens is 274 g/mol. The molecule has 0 spiro atoms. The summed E-state index contributed by atoms with van der Waals surface area (Å²) in [5.74, 6) is 1.14. The van der Waals surface area contributed by atoms with Crippen LogP contribution in [0.25, 0.3) is 0 Å². The monoisotopic (exact) mass is 311 g/mol. The Morgan fingerprint density at radius 1 is 1.18 bits per heavy atom. The fraction of sp³-hybridized carbons (Fsp3) is 0.944. The number of nitrogens with two attached hydrogens (primary N) is 2. The van der Waals surface area contributed by atoms with E-state index in [1.165, 1.54) is 32.1 Å². The molecule has 1 saturated heterocycles. The van der Waals surface area contributed by atoms with E-state index in [2.05, 4.69) is 19.2 Å². The molecule has 1 aliphatic heterocycles. The number of rotatable bonds is 11. The van der Waals surface area contributed by atoms with E-state index in [1.807, 2.05) is 0 Å². The van der Waals surface area contributed by atoms with Crippen LogP contribution in [0.3, 0.4) is 0 Å². The SMILES string of the molecule is CCCCCCC(CC)C(N)C(CC(N)=O)C1CCNCC1. The van der Waals surface area contributed by atoms with Gasteiger partial charge in [0.2, 0.25) is 5.91 Å². The van der Waals surface area contributed by atoms with Gasteiger partial charge in [0.25, 0.3) is 0 Å². The van der Waals surface area contributed by atoms with Crippen molar-refractivity contribution in [2.45, 2.75) is 77.7 Å². The highest BCUT2D eigenvalue weighted by atomic mass is 16.1. The van der Waals surface area contributed by atoms with Crippen LogP contribution in [0.1, 0.15) is 71.6 Å². The lowest BCUT2D eigenvalue weighted by molar-refractivity contribution is -0.119. The first-order chi connectivity index (χ1) is 10.6. The Morgan fingerprint density at radius 2 is 1.86 bits per heavy atom. The van der Waals surface area contributed by atoms with Gasteiger partial charge in [0.1, 0.15) is 0 Å². The summed E-state index contributed by atoms with van der Waals surface area (Å²) in [5.41, 5.74) is 12.1. The molecule has 1 amide bonds. The van der Waals surface area contributed by atoms with E-state index in [0.29, 0.717) is 18.3 Å². The molecule has 0 aromatic rings. The third-order valence-corrected chi connectivity index (χ3v) is 5.42. The minimum Gasteiger partial charge on any atom is -0.370 e. The Hall–Kier alpha value is -0.610. The van der Waals surface area contributed by atoms with Gasteiger partial charge in [-0.15, -0.1) is 0 Å². The van der Waals surface area contributed by atoms with Gasteiger partial charge in [0.05, 0.1) is 0 Å². The molecule has 1 fully saturated rings. The maximum atomic E-state index is 11.5. The summed E-state index contributed by atoms with van der Waals surface area (Å²) in [5, 5.41) is 3.40. The Labute approximate surface area is 136 Å². The number of unbranched alkanes of at least 4 members (excludes halogenated alkanes) is 3. The maximum Gasteiger partial charge on any atom is 0.217 e. The standard InChI is InChI=1S/C18H37N3O/c1-3-5-6-7-8-14(4-2)18(20)16(13-17(19)22)15-9-11-21-12-10-15/h14-16,18,21H,3-13,20H2,1-2H3,(H2,19,22). The number of hydrogen-bond donors (Lipinski definition) is 3. The molecule has 5 N–H and O–H groups in total. The number of primary amides is 1. The van der Waals surface area contributed by atoms with Crippen LogP contribution >= 0.6 is 0 Å². The van der Waals surface area contributed by atoms with Crippen molar-refractivity contribution in [3.63, 3.8) is 0 Å². The van der Waals surface area contributed by atoms with Crippen LogP contribution in [0.15, 0.2) is 0 Å². The summed E-state index contributed by atoms with van der Waals surface area (Å²) in [7, 11) is 0. The third kappa shape index (κ3) is 6.66. The molecule has 130 valence electrons. The second-order valence-corrected chi connectivity index (χ2v) is 7.02. The molecule has 0 radical (unpaired) electrons. The molecule has 0 saturated carbocycles. The van der Waals surface area contributed by atoms with Crippen molar-refractivity contribution in [2.24, 2.45) is 29.2 Å². The molecule has 4 nitrogen and oxygen atoms in total. The lowest BCUT2D eigenvalue weighted by atomic mass is 9.73. The second kappa shape index (κ2) is 11.0. The van der Waals surface area contributed by atoms with Crippen LogP contribution < -0.4 is 16.8 Å². The average Bonchev–Trinajstić information content (AvgIpc) is 2.53. The van der Waals surface area contributed by atoms with Gasteiger partial charge >= 0.3 is 0 Å². The van der Waals surface area contributed by atoms with Gasteiger partial charge in [-0.3, -0.25) is 4.79 Å².